The second kappa shape index (κ2) is 7.75. The van der Waals surface area contributed by atoms with E-state index < -0.39 is 5.41 Å². The normalized spacial score (nSPS) is 14.8. The molecule has 1 N–H and O–H groups in total. The predicted molar refractivity (Wildman–Crippen MR) is 103 cm³/mol. The molecule has 1 fully saturated rings. The van der Waals surface area contributed by atoms with Gasteiger partial charge in [-0.3, -0.25) is 4.79 Å². The van der Waals surface area contributed by atoms with Crippen molar-refractivity contribution in [3.05, 3.63) is 70.8 Å². The first-order valence-electron chi connectivity index (χ1n) is 8.56. The van der Waals surface area contributed by atoms with Gasteiger partial charge in [0.15, 0.2) is 0 Å². The first-order valence-corrected chi connectivity index (χ1v) is 8.94. The van der Waals surface area contributed by atoms with Crippen molar-refractivity contribution in [1.82, 2.24) is 0 Å². The van der Waals surface area contributed by atoms with Gasteiger partial charge < -0.3 is 10.1 Å². The third-order valence-corrected chi connectivity index (χ3v) is 4.70. The predicted octanol–water partition coefficient (Wildman–Crippen LogP) is 4.59. The molecule has 1 amide bonds. The maximum Gasteiger partial charge on any atom is 0.330 e. The second-order valence-electron chi connectivity index (χ2n) is 6.25. The quantitative estimate of drug-likeness (QED) is 0.598. The van der Waals surface area contributed by atoms with E-state index in [0.29, 0.717) is 11.6 Å². The molecule has 2 aromatic rings. The number of anilines is 1. The van der Waals surface area contributed by atoms with Crippen LogP contribution in [0.1, 0.15) is 30.9 Å². The summed E-state index contributed by atoms with van der Waals surface area (Å²) >= 11 is 5.93. The highest BCUT2D eigenvalue weighted by Gasteiger charge is 2.51. The summed E-state index contributed by atoms with van der Waals surface area (Å²) in [6.45, 7) is 2.11. The average Bonchev–Trinajstić information content (AvgIpc) is 3.44. The van der Waals surface area contributed by atoms with Crippen molar-refractivity contribution in [2.75, 3.05) is 11.9 Å². The van der Waals surface area contributed by atoms with Gasteiger partial charge in [0.25, 0.3) is 0 Å². The van der Waals surface area contributed by atoms with E-state index in [1.807, 2.05) is 48.5 Å². The van der Waals surface area contributed by atoms with Crippen LogP contribution in [0, 0.1) is 0 Å². The topological polar surface area (TPSA) is 55.4 Å². The number of benzene rings is 2. The molecule has 134 valence electrons. The Morgan fingerprint density at radius 2 is 1.77 bits per heavy atom. The van der Waals surface area contributed by atoms with Crippen LogP contribution in [0.5, 0.6) is 0 Å². The molecule has 0 atom stereocenters. The number of amides is 1. The van der Waals surface area contributed by atoms with Gasteiger partial charge in [0, 0.05) is 16.8 Å². The van der Waals surface area contributed by atoms with E-state index in [2.05, 4.69) is 5.32 Å². The maximum atomic E-state index is 12.7. The summed E-state index contributed by atoms with van der Waals surface area (Å²) in [5.74, 6) is -0.377. The lowest BCUT2D eigenvalue weighted by Gasteiger charge is -2.16. The number of hydrogen-bond donors (Lipinski definition) is 1. The number of nitrogens with one attached hydrogen (secondary N) is 1. The van der Waals surface area contributed by atoms with Crippen LogP contribution < -0.4 is 5.32 Å². The maximum absolute atomic E-state index is 12.7. The van der Waals surface area contributed by atoms with Gasteiger partial charge in [-0.25, -0.2) is 4.79 Å². The summed E-state index contributed by atoms with van der Waals surface area (Å²) in [7, 11) is 0. The summed E-state index contributed by atoms with van der Waals surface area (Å²) in [5, 5.41) is 3.65. The van der Waals surface area contributed by atoms with Gasteiger partial charge in [0.05, 0.1) is 12.0 Å². The molecule has 0 spiro atoms. The molecule has 1 aliphatic carbocycles. The van der Waals surface area contributed by atoms with E-state index >= 15 is 0 Å². The number of esters is 1. The summed E-state index contributed by atoms with van der Waals surface area (Å²) < 4.78 is 4.84. The highest BCUT2D eigenvalue weighted by atomic mass is 35.5. The molecule has 26 heavy (non-hydrogen) atoms. The van der Waals surface area contributed by atoms with Crippen molar-refractivity contribution < 1.29 is 14.3 Å². The van der Waals surface area contributed by atoms with E-state index in [1.54, 1.807) is 13.0 Å². The highest BCUT2D eigenvalue weighted by molar-refractivity contribution is 6.30. The van der Waals surface area contributed by atoms with Crippen molar-refractivity contribution in [3.8, 4) is 0 Å². The molecule has 2 aromatic carbocycles. The molecule has 0 aliphatic heterocycles. The first kappa shape index (κ1) is 18.2. The van der Waals surface area contributed by atoms with Gasteiger partial charge in [-0.15, -0.1) is 0 Å². The lowest BCUT2D eigenvalue weighted by Crippen LogP contribution is -2.27. The summed E-state index contributed by atoms with van der Waals surface area (Å²) in [6.07, 6.45) is 4.73. The van der Waals surface area contributed by atoms with Gasteiger partial charge in [0.1, 0.15) is 0 Å². The number of hydrogen-bond acceptors (Lipinski definition) is 3. The van der Waals surface area contributed by atoms with Gasteiger partial charge in [-0.1, -0.05) is 35.9 Å². The Kier molecular flexibility index (Phi) is 5.43. The molecular weight excluding hydrogens is 350 g/mol. The standard InChI is InChI=1S/C21H20ClNO3/c1-2-26-19(24)12-5-15-3-10-18(11-4-15)23-20(25)21(13-14-21)16-6-8-17(22)9-7-16/h3-12H,2,13-14H2,1H3,(H,23,25)/b12-5+. The Bertz CT molecular complexity index is 821. The summed E-state index contributed by atoms with van der Waals surface area (Å²) in [5.41, 5.74) is 2.12. The Balaban J connectivity index is 1.65. The molecule has 0 radical (unpaired) electrons. The van der Waals surface area contributed by atoms with E-state index in [0.717, 1.165) is 29.7 Å². The van der Waals surface area contributed by atoms with Crippen LogP contribution >= 0.6 is 11.6 Å². The molecule has 1 saturated carbocycles. The first-order chi connectivity index (χ1) is 12.5. The Hall–Kier alpha value is -2.59. The average molecular weight is 370 g/mol. The number of ether oxygens (including phenoxy) is 1. The van der Waals surface area contributed by atoms with Crippen molar-refractivity contribution in [2.45, 2.75) is 25.2 Å². The van der Waals surface area contributed by atoms with Crippen LogP contribution in [-0.4, -0.2) is 18.5 Å². The number of carbonyl (C=O) groups is 2. The zero-order valence-corrected chi connectivity index (χ0v) is 15.3. The molecule has 0 saturated heterocycles. The lowest BCUT2D eigenvalue weighted by molar-refractivity contribution is -0.137. The molecule has 1 aliphatic rings. The summed E-state index contributed by atoms with van der Waals surface area (Å²) in [6, 6.07) is 14.8. The van der Waals surface area contributed by atoms with Crippen LogP contribution in [-0.2, 0) is 19.7 Å². The number of halogens is 1. The molecular formula is C21H20ClNO3. The molecule has 0 aromatic heterocycles. The zero-order valence-electron chi connectivity index (χ0n) is 14.5. The second-order valence-corrected chi connectivity index (χ2v) is 6.69. The van der Waals surface area contributed by atoms with Gasteiger partial charge >= 0.3 is 5.97 Å². The minimum Gasteiger partial charge on any atom is -0.463 e. The molecule has 5 heteroatoms. The zero-order chi connectivity index (χ0) is 18.6. The monoisotopic (exact) mass is 369 g/mol. The lowest BCUT2D eigenvalue weighted by atomic mass is 9.95. The Morgan fingerprint density at radius 1 is 1.12 bits per heavy atom. The van der Waals surface area contributed by atoms with Crippen LogP contribution in [0.2, 0.25) is 5.02 Å². The van der Waals surface area contributed by atoms with Gasteiger partial charge in [-0.2, -0.15) is 0 Å². The van der Waals surface area contributed by atoms with E-state index in [4.69, 9.17) is 16.3 Å². The third-order valence-electron chi connectivity index (χ3n) is 4.45. The molecule has 0 heterocycles. The Labute approximate surface area is 157 Å². The molecule has 3 rings (SSSR count). The van der Waals surface area contributed by atoms with Crippen LogP contribution in [0.4, 0.5) is 5.69 Å². The minimum atomic E-state index is -0.451. The van der Waals surface area contributed by atoms with Crippen molar-refractivity contribution in [3.63, 3.8) is 0 Å². The summed E-state index contributed by atoms with van der Waals surface area (Å²) in [4.78, 5) is 24.1. The van der Waals surface area contributed by atoms with E-state index in [-0.39, 0.29) is 11.9 Å². The van der Waals surface area contributed by atoms with Crippen molar-refractivity contribution in [2.24, 2.45) is 0 Å². The van der Waals surface area contributed by atoms with Crippen molar-refractivity contribution >= 4 is 35.2 Å². The largest absolute Gasteiger partial charge is 0.463 e. The van der Waals surface area contributed by atoms with Crippen LogP contribution in [0.15, 0.2) is 54.6 Å². The molecule has 0 unspecified atom stereocenters. The Morgan fingerprint density at radius 3 is 2.35 bits per heavy atom. The van der Waals surface area contributed by atoms with Crippen LogP contribution in [0.3, 0.4) is 0 Å². The molecule has 4 nitrogen and oxygen atoms in total. The van der Waals surface area contributed by atoms with E-state index in [9.17, 15) is 9.59 Å². The fourth-order valence-corrected chi connectivity index (χ4v) is 2.95. The fourth-order valence-electron chi connectivity index (χ4n) is 2.82. The number of carbonyl (C=O) groups excluding carboxylic acids is 2. The fraction of sp³-hybridized carbons (Fsp3) is 0.238. The van der Waals surface area contributed by atoms with Gasteiger partial charge in [0.2, 0.25) is 5.91 Å². The van der Waals surface area contributed by atoms with Crippen molar-refractivity contribution in [1.29, 1.82) is 0 Å². The van der Waals surface area contributed by atoms with Gasteiger partial charge in [-0.05, 0) is 61.2 Å². The molecule has 0 bridgehead atoms. The highest BCUT2D eigenvalue weighted by Crippen LogP contribution is 2.49. The SMILES string of the molecule is CCOC(=O)/C=C/c1ccc(NC(=O)C2(c3ccc(Cl)cc3)CC2)cc1. The smallest absolute Gasteiger partial charge is 0.330 e. The van der Waals surface area contributed by atoms with Crippen LogP contribution in [0.25, 0.3) is 6.08 Å². The van der Waals surface area contributed by atoms with E-state index in [1.165, 1.54) is 6.08 Å². The third kappa shape index (κ3) is 4.14. The number of rotatable bonds is 6. The minimum absolute atomic E-state index is 0.00496.